The maximum absolute atomic E-state index is 12.0. The van der Waals surface area contributed by atoms with Crippen LogP contribution in [0.2, 0.25) is 0 Å². The fourth-order valence-corrected chi connectivity index (χ4v) is 1.75. The predicted molar refractivity (Wildman–Crippen MR) is 71.2 cm³/mol. The van der Waals surface area contributed by atoms with Crippen LogP contribution in [0, 0.1) is 13.8 Å². The molecule has 0 radical (unpaired) electrons. The van der Waals surface area contributed by atoms with Crippen LogP contribution in [0.25, 0.3) is 0 Å². The molecule has 0 saturated heterocycles. The third-order valence-corrected chi connectivity index (χ3v) is 2.84. The van der Waals surface area contributed by atoms with Crippen molar-refractivity contribution < 1.29 is 9.59 Å². The molecule has 0 spiro atoms. The van der Waals surface area contributed by atoms with E-state index in [1.54, 1.807) is 19.1 Å². The number of nitrogens with zero attached hydrogens (tertiary/aromatic N) is 2. The molecule has 0 aliphatic heterocycles. The molecule has 4 nitrogen and oxygen atoms in total. The monoisotopic (exact) mass is 254 g/mol. The molecular formula is C15H14N2O2. The van der Waals surface area contributed by atoms with Crippen LogP contribution in [0.1, 0.15) is 38.5 Å². The molecule has 0 N–H and O–H groups in total. The van der Waals surface area contributed by atoms with Crippen molar-refractivity contribution in [2.45, 2.75) is 20.3 Å². The Labute approximate surface area is 111 Å². The van der Waals surface area contributed by atoms with Gasteiger partial charge in [-0.25, -0.2) is 4.98 Å². The van der Waals surface area contributed by atoms with Gasteiger partial charge in [0.1, 0.15) is 5.69 Å². The van der Waals surface area contributed by atoms with E-state index in [0.717, 1.165) is 5.56 Å². The van der Waals surface area contributed by atoms with Crippen LogP contribution in [0.5, 0.6) is 0 Å². The number of rotatable bonds is 4. The highest BCUT2D eigenvalue weighted by atomic mass is 16.1. The molecule has 96 valence electrons. The summed E-state index contributed by atoms with van der Waals surface area (Å²) in [6.07, 6.45) is 2.80. The minimum Gasteiger partial charge on any atom is -0.294 e. The van der Waals surface area contributed by atoms with Gasteiger partial charge in [0, 0.05) is 18.0 Å². The van der Waals surface area contributed by atoms with Gasteiger partial charge < -0.3 is 0 Å². The summed E-state index contributed by atoms with van der Waals surface area (Å²) in [5, 5.41) is 0. The summed E-state index contributed by atoms with van der Waals surface area (Å²) in [4.78, 5) is 31.9. The normalized spacial score (nSPS) is 10.2. The van der Waals surface area contributed by atoms with Gasteiger partial charge >= 0.3 is 0 Å². The first-order chi connectivity index (χ1) is 9.08. The van der Waals surface area contributed by atoms with Crippen molar-refractivity contribution in [3.05, 3.63) is 59.2 Å². The zero-order valence-electron chi connectivity index (χ0n) is 10.9. The Hall–Kier alpha value is -2.36. The number of carbonyl (C=O) groups is 2. The second kappa shape index (κ2) is 5.52. The number of benzene rings is 1. The molecule has 0 bridgehead atoms. The van der Waals surface area contributed by atoms with Gasteiger partial charge in [-0.05, 0) is 13.8 Å². The molecular weight excluding hydrogens is 240 g/mol. The van der Waals surface area contributed by atoms with Crippen molar-refractivity contribution in [2.75, 3.05) is 0 Å². The van der Waals surface area contributed by atoms with E-state index >= 15 is 0 Å². The summed E-state index contributed by atoms with van der Waals surface area (Å²) < 4.78 is 0. The van der Waals surface area contributed by atoms with Gasteiger partial charge in [-0.3, -0.25) is 14.6 Å². The number of ketones is 2. The number of aromatic nitrogens is 2. The molecule has 0 saturated carbocycles. The second-order valence-corrected chi connectivity index (χ2v) is 4.38. The van der Waals surface area contributed by atoms with Gasteiger partial charge in [-0.15, -0.1) is 0 Å². The van der Waals surface area contributed by atoms with Crippen molar-refractivity contribution in [2.24, 2.45) is 0 Å². The summed E-state index contributed by atoms with van der Waals surface area (Å²) >= 11 is 0. The van der Waals surface area contributed by atoms with E-state index in [2.05, 4.69) is 9.97 Å². The maximum atomic E-state index is 12.0. The molecule has 1 aromatic heterocycles. The Morgan fingerprint density at radius 2 is 1.58 bits per heavy atom. The lowest BCUT2D eigenvalue weighted by molar-refractivity contribution is 0.0891. The number of hydrogen-bond donors (Lipinski definition) is 0. The molecule has 2 rings (SSSR count). The molecule has 0 aliphatic carbocycles. The highest BCUT2D eigenvalue weighted by Gasteiger charge is 2.16. The molecule has 1 heterocycles. The van der Waals surface area contributed by atoms with E-state index in [9.17, 15) is 9.59 Å². The Morgan fingerprint density at radius 1 is 0.947 bits per heavy atom. The second-order valence-electron chi connectivity index (χ2n) is 4.38. The van der Waals surface area contributed by atoms with Crippen molar-refractivity contribution in [3.8, 4) is 0 Å². The lowest BCUT2D eigenvalue weighted by Crippen LogP contribution is -2.12. The molecule has 0 fully saturated rings. The van der Waals surface area contributed by atoms with E-state index < -0.39 is 0 Å². The van der Waals surface area contributed by atoms with Crippen LogP contribution >= 0.6 is 0 Å². The Kier molecular flexibility index (Phi) is 3.80. The van der Waals surface area contributed by atoms with Crippen molar-refractivity contribution in [1.82, 2.24) is 9.97 Å². The van der Waals surface area contributed by atoms with Crippen molar-refractivity contribution in [1.29, 1.82) is 0 Å². The maximum Gasteiger partial charge on any atom is 0.190 e. The van der Waals surface area contributed by atoms with Crippen LogP contribution in [-0.4, -0.2) is 21.5 Å². The van der Waals surface area contributed by atoms with Gasteiger partial charge in [0.2, 0.25) is 0 Å². The van der Waals surface area contributed by atoms with Crippen LogP contribution in [-0.2, 0) is 0 Å². The van der Waals surface area contributed by atoms with Crippen LogP contribution in [0.15, 0.2) is 36.7 Å². The topological polar surface area (TPSA) is 59.9 Å². The fraction of sp³-hybridized carbons (Fsp3) is 0.200. The van der Waals surface area contributed by atoms with E-state index in [1.807, 2.05) is 19.1 Å². The number of carbonyl (C=O) groups excluding carboxylic acids is 2. The lowest BCUT2D eigenvalue weighted by Gasteiger charge is -2.03. The van der Waals surface area contributed by atoms with Gasteiger partial charge in [0.05, 0.1) is 12.1 Å². The molecule has 0 unspecified atom stereocenters. The minimum absolute atomic E-state index is 0.178. The zero-order valence-corrected chi connectivity index (χ0v) is 10.9. The smallest absolute Gasteiger partial charge is 0.190 e. The quantitative estimate of drug-likeness (QED) is 0.621. The van der Waals surface area contributed by atoms with Crippen LogP contribution in [0.4, 0.5) is 0 Å². The van der Waals surface area contributed by atoms with Crippen LogP contribution < -0.4 is 0 Å². The summed E-state index contributed by atoms with van der Waals surface area (Å²) in [5.74, 6) is -0.494. The molecule has 0 atom stereocenters. The van der Waals surface area contributed by atoms with Gasteiger partial charge in [0.15, 0.2) is 11.6 Å². The number of Topliss-reactive ketones (excluding diaryl/α,β-unsaturated/α-hetero) is 2. The first kappa shape index (κ1) is 13.1. The number of aryl methyl sites for hydroxylation is 2. The van der Waals surface area contributed by atoms with E-state index in [0.29, 0.717) is 11.3 Å². The Bertz CT molecular complexity index is 618. The standard InChI is InChI=1S/C15H14N2O2/c1-10-3-5-12(6-4-10)13(18)9-14(19)15-11(2)16-7-8-17-15/h3-8H,9H2,1-2H3. The fourth-order valence-electron chi connectivity index (χ4n) is 1.75. The van der Waals surface area contributed by atoms with E-state index in [-0.39, 0.29) is 23.7 Å². The predicted octanol–water partition coefficient (Wildman–Crippen LogP) is 2.55. The minimum atomic E-state index is -0.295. The average molecular weight is 254 g/mol. The largest absolute Gasteiger partial charge is 0.294 e. The molecule has 19 heavy (non-hydrogen) atoms. The molecule has 2 aromatic rings. The third kappa shape index (κ3) is 3.10. The SMILES string of the molecule is Cc1ccc(C(=O)CC(=O)c2nccnc2C)cc1. The number of hydrogen-bond acceptors (Lipinski definition) is 4. The highest BCUT2D eigenvalue weighted by molar-refractivity contribution is 6.13. The van der Waals surface area contributed by atoms with E-state index in [4.69, 9.17) is 0 Å². The van der Waals surface area contributed by atoms with E-state index in [1.165, 1.54) is 12.4 Å². The first-order valence-electron chi connectivity index (χ1n) is 5.98. The lowest BCUT2D eigenvalue weighted by atomic mass is 10.0. The molecule has 0 amide bonds. The average Bonchev–Trinajstić information content (AvgIpc) is 2.39. The summed E-state index contributed by atoms with van der Waals surface area (Å²) in [7, 11) is 0. The van der Waals surface area contributed by atoms with Gasteiger partial charge in [-0.1, -0.05) is 29.8 Å². The first-order valence-corrected chi connectivity index (χ1v) is 5.98. The molecule has 4 heteroatoms. The van der Waals surface area contributed by atoms with Crippen molar-refractivity contribution >= 4 is 11.6 Å². The Morgan fingerprint density at radius 3 is 2.21 bits per heavy atom. The van der Waals surface area contributed by atoms with Gasteiger partial charge in [-0.2, -0.15) is 0 Å². The highest BCUT2D eigenvalue weighted by Crippen LogP contribution is 2.10. The molecule has 1 aromatic carbocycles. The zero-order chi connectivity index (χ0) is 13.8. The Balaban J connectivity index is 2.13. The summed E-state index contributed by atoms with van der Waals surface area (Å²) in [5.41, 5.74) is 2.43. The summed E-state index contributed by atoms with van der Waals surface area (Å²) in [6.45, 7) is 3.65. The van der Waals surface area contributed by atoms with Gasteiger partial charge in [0.25, 0.3) is 0 Å². The van der Waals surface area contributed by atoms with Crippen molar-refractivity contribution in [3.63, 3.8) is 0 Å². The van der Waals surface area contributed by atoms with Crippen LogP contribution in [0.3, 0.4) is 0 Å². The third-order valence-electron chi connectivity index (χ3n) is 2.84. The molecule has 0 aliphatic rings. The summed E-state index contributed by atoms with van der Waals surface area (Å²) in [6, 6.07) is 7.17.